The van der Waals surface area contributed by atoms with E-state index in [9.17, 15) is 38.9 Å². The number of carbonyl (C=O) groups excluding carboxylic acids is 2. The summed E-state index contributed by atoms with van der Waals surface area (Å²) in [5.74, 6) is -1.60. The first kappa shape index (κ1) is 36.6. The number of amides is 2. The zero-order chi connectivity index (χ0) is 38.8. The lowest BCUT2D eigenvalue weighted by atomic mass is 10.1. The van der Waals surface area contributed by atoms with Crippen LogP contribution in [0.15, 0.2) is 69.2 Å². The van der Waals surface area contributed by atoms with Crippen molar-refractivity contribution in [3.05, 3.63) is 87.5 Å². The number of anilines is 2. The smallest absolute Gasteiger partial charge is 0.310 e. The molecule has 5 heterocycles. The van der Waals surface area contributed by atoms with Crippen molar-refractivity contribution < 1.29 is 38.5 Å². The Hall–Kier alpha value is -5.76. The first-order chi connectivity index (χ1) is 25.3. The minimum Gasteiger partial charge on any atom is -0.504 e. The molecular weight excluding hydrogens is 765 g/mol. The number of carbonyl (C=O) groups is 2. The van der Waals surface area contributed by atoms with Gasteiger partial charge in [-0.05, 0) is 55.8 Å². The Morgan fingerprint density at radius 2 is 1.76 bits per heavy atom. The average molecular weight is 794 g/mol. The molecule has 0 unspecified atom stereocenters. The molecule has 21 heteroatoms. The molecule has 284 valence electrons. The van der Waals surface area contributed by atoms with Gasteiger partial charge in [0.25, 0.3) is 11.5 Å². The molecule has 1 fully saturated rings. The predicted molar refractivity (Wildman–Crippen MR) is 190 cm³/mol. The van der Waals surface area contributed by atoms with Crippen molar-refractivity contribution in [3.63, 3.8) is 0 Å². The Labute approximate surface area is 306 Å². The highest BCUT2D eigenvalue weighted by Gasteiger charge is 2.65. The normalized spacial score (nSPS) is 15.0. The van der Waals surface area contributed by atoms with Gasteiger partial charge >= 0.3 is 10.2 Å². The SMILES string of the molecule is CCc1c(N2CCN(C(=O)c3ncnc(C)c3O)CC2)c(=O)n2nc(-c3ccc4occc4c3)nc2n1CC(=O)Nc1ccc(S(F)(F)(F)(F)F)cc1Cl. The Kier molecular flexibility index (Phi) is 8.41. The molecule has 4 aromatic heterocycles. The molecule has 0 radical (unpaired) electrons. The van der Waals surface area contributed by atoms with E-state index < -0.39 is 44.1 Å². The molecule has 0 saturated carbocycles. The van der Waals surface area contributed by atoms with Crippen LogP contribution in [-0.4, -0.2) is 77.1 Å². The van der Waals surface area contributed by atoms with Gasteiger partial charge in [0.1, 0.15) is 29.0 Å². The van der Waals surface area contributed by atoms with Gasteiger partial charge in [-0.25, -0.2) is 9.97 Å². The molecule has 7 rings (SSSR count). The number of nitrogens with zero attached hydrogens (tertiary/aromatic N) is 8. The maximum atomic E-state index is 14.3. The maximum Gasteiger partial charge on any atom is 0.310 e. The Balaban J connectivity index is 1.26. The summed E-state index contributed by atoms with van der Waals surface area (Å²) in [6, 6.07) is 7.69. The van der Waals surface area contributed by atoms with E-state index in [0.29, 0.717) is 22.9 Å². The number of halogens is 6. The fourth-order valence-corrected chi connectivity index (χ4v) is 7.19. The van der Waals surface area contributed by atoms with E-state index >= 15 is 0 Å². The zero-order valence-corrected chi connectivity index (χ0v) is 29.8. The summed E-state index contributed by atoms with van der Waals surface area (Å²) in [6.45, 7) is 3.29. The molecule has 2 amide bonds. The van der Waals surface area contributed by atoms with Crippen LogP contribution in [0, 0.1) is 6.92 Å². The topological polar surface area (TPSA) is 164 Å². The molecule has 2 aromatic carbocycles. The number of furan rings is 1. The molecule has 54 heavy (non-hydrogen) atoms. The summed E-state index contributed by atoms with van der Waals surface area (Å²) in [6.07, 6.45) is 2.86. The minimum atomic E-state index is -10.0. The lowest BCUT2D eigenvalue weighted by Gasteiger charge is -2.40. The zero-order valence-electron chi connectivity index (χ0n) is 28.3. The van der Waals surface area contributed by atoms with E-state index in [1.807, 2.05) is 0 Å². The fraction of sp³-hybridized carbons (Fsp3) is 0.242. The van der Waals surface area contributed by atoms with Crippen molar-refractivity contribution in [1.29, 1.82) is 0 Å². The highest BCUT2D eigenvalue weighted by atomic mass is 35.5. The van der Waals surface area contributed by atoms with E-state index in [1.165, 1.54) is 29.0 Å². The van der Waals surface area contributed by atoms with Gasteiger partial charge in [-0.3, -0.25) is 14.4 Å². The molecular formula is C33H29ClF5N9O5S. The summed E-state index contributed by atoms with van der Waals surface area (Å²) in [5, 5.41) is 17.2. The van der Waals surface area contributed by atoms with Gasteiger partial charge in [-0.1, -0.05) is 38.0 Å². The van der Waals surface area contributed by atoms with Gasteiger partial charge in [0.2, 0.25) is 11.7 Å². The van der Waals surface area contributed by atoms with Crippen LogP contribution in [0.4, 0.5) is 30.8 Å². The van der Waals surface area contributed by atoms with E-state index in [2.05, 4.69) is 25.4 Å². The van der Waals surface area contributed by atoms with Gasteiger partial charge in [0.05, 0.1) is 28.4 Å². The van der Waals surface area contributed by atoms with Crippen molar-refractivity contribution >= 4 is 61.8 Å². The van der Waals surface area contributed by atoms with Crippen LogP contribution in [0.3, 0.4) is 0 Å². The van der Waals surface area contributed by atoms with E-state index in [1.54, 1.807) is 36.1 Å². The highest BCUT2D eigenvalue weighted by Crippen LogP contribution is 3.02. The largest absolute Gasteiger partial charge is 0.504 e. The van der Waals surface area contributed by atoms with Gasteiger partial charge in [-0.15, -0.1) is 5.10 Å². The van der Waals surface area contributed by atoms with Crippen molar-refractivity contribution in [1.82, 2.24) is 34.0 Å². The number of benzene rings is 2. The lowest BCUT2D eigenvalue weighted by molar-refractivity contribution is -0.116. The van der Waals surface area contributed by atoms with Crippen LogP contribution in [-0.2, 0) is 17.8 Å². The first-order valence-corrected chi connectivity index (χ1v) is 18.5. The summed E-state index contributed by atoms with van der Waals surface area (Å²) >= 11 is 5.94. The van der Waals surface area contributed by atoms with Gasteiger partial charge < -0.3 is 29.2 Å². The van der Waals surface area contributed by atoms with Gasteiger partial charge in [0.15, 0.2) is 17.3 Å². The van der Waals surface area contributed by atoms with Crippen LogP contribution in [0.5, 0.6) is 5.75 Å². The number of piperazine rings is 1. The number of fused-ring (bicyclic) bond motifs is 2. The number of aromatic nitrogens is 6. The Morgan fingerprint density at radius 1 is 1.02 bits per heavy atom. The molecule has 1 saturated heterocycles. The third-order valence-electron chi connectivity index (χ3n) is 8.92. The summed E-state index contributed by atoms with van der Waals surface area (Å²) in [4.78, 5) is 54.5. The molecule has 0 aliphatic carbocycles. The number of hydrogen-bond acceptors (Lipinski definition) is 10. The summed E-state index contributed by atoms with van der Waals surface area (Å²) < 4.78 is 74.8. The monoisotopic (exact) mass is 793 g/mol. The molecule has 1 aliphatic rings. The number of aromatic hydroxyl groups is 1. The molecule has 0 atom stereocenters. The number of rotatable bonds is 8. The van der Waals surface area contributed by atoms with Crippen molar-refractivity contribution in [2.45, 2.75) is 31.7 Å². The summed E-state index contributed by atoms with van der Waals surface area (Å²) in [7, 11) is -10.0. The number of hydrogen-bond donors (Lipinski definition) is 2. The third kappa shape index (κ3) is 6.77. The molecule has 14 nitrogen and oxygen atoms in total. The second kappa shape index (κ2) is 12.4. The van der Waals surface area contributed by atoms with Crippen LogP contribution in [0.2, 0.25) is 5.02 Å². The minimum absolute atomic E-state index is 0.0381. The standard InChI is InChI=1S/C33H29ClF5N9O5S/c1-3-24-28(45-9-11-46(12-10-45)31(51)27-29(50)18(2)40-17-41-27)32(52)48-33(43-30(44-48)20-4-7-25-19(14-20)8-13-53-25)47(24)16-26(49)42-23-6-5-21(15-22(23)34)54(35,36,37,38)39/h4-8,13-15,17,50H,3,9-12,16H2,1-2H3,(H,42,49). The number of aryl methyl sites for hydroxylation is 1. The third-order valence-corrected chi connectivity index (χ3v) is 10.4. The van der Waals surface area contributed by atoms with Crippen LogP contribution >= 0.6 is 21.8 Å². The van der Waals surface area contributed by atoms with Crippen molar-refractivity contribution in [2.75, 3.05) is 36.4 Å². The van der Waals surface area contributed by atoms with Gasteiger partial charge in [0, 0.05) is 37.1 Å². The van der Waals surface area contributed by atoms with Crippen molar-refractivity contribution in [3.8, 4) is 17.1 Å². The van der Waals surface area contributed by atoms with E-state index in [-0.39, 0.29) is 84.8 Å². The molecule has 0 bridgehead atoms. The molecule has 1 aliphatic heterocycles. The van der Waals surface area contributed by atoms with Crippen LogP contribution in [0.25, 0.3) is 28.1 Å². The molecule has 2 N–H and O–H groups in total. The van der Waals surface area contributed by atoms with E-state index in [4.69, 9.17) is 16.0 Å². The second-order valence-electron chi connectivity index (χ2n) is 12.5. The quantitative estimate of drug-likeness (QED) is 0.161. The summed E-state index contributed by atoms with van der Waals surface area (Å²) in [5.41, 5.74) is 0.774. The predicted octanol–water partition coefficient (Wildman–Crippen LogP) is 6.58. The van der Waals surface area contributed by atoms with E-state index in [0.717, 1.165) is 9.90 Å². The second-order valence-corrected chi connectivity index (χ2v) is 15.3. The highest BCUT2D eigenvalue weighted by molar-refractivity contribution is 8.45. The molecule has 0 spiro atoms. The lowest BCUT2D eigenvalue weighted by Crippen LogP contribution is -2.51. The number of nitrogens with one attached hydrogen (secondary N) is 1. The van der Waals surface area contributed by atoms with Gasteiger partial charge in [-0.2, -0.15) is 9.50 Å². The Bertz CT molecular complexity index is 2570. The molecule has 6 aromatic rings. The van der Waals surface area contributed by atoms with Crippen LogP contribution in [0.1, 0.15) is 28.8 Å². The van der Waals surface area contributed by atoms with Crippen LogP contribution < -0.4 is 15.8 Å². The average Bonchev–Trinajstić information content (AvgIpc) is 3.78. The van der Waals surface area contributed by atoms with Crippen molar-refractivity contribution in [2.24, 2.45) is 0 Å². The first-order valence-electron chi connectivity index (χ1n) is 16.2. The maximum absolute atomic E-state index is 14.3. The Morgan fingerprint density at radius 3 is 2.44 bits per heavy atom. The fourth-order valence-electron chi connectivity index (χ4n) is 6.23.